The summed E-state index contributed by atoms with van der Waals surface area (Å²) in [6.07, 6.45) is 0. The Bertz CT molecular complexity index is 788. The maximum atomic E-state index is 14.2. The summed E-state index contributed by atoms with van der Waals surface area (Å²) < 4.78 is 18.3. The fraction of sp³-hybridized carbons (Fsp3) is 0.231. The Kier molecular flexibility index (Phi) is 3.30. The van der Waals surface area contributed by atoms with E-state index in [-0.39, 0.29) is 11.7 Å². The van der Waals surface area contributed by atoms with Gasteiger partial charge in [0.1, 0.15) is 17.2 Å². The van der Waals surface area contributed by atoms with Gasteiger partial charge in [0.25, 0.3) is 0 Å². The highest BCUT2D eigenvalue weighted by atomic mass is 79.9. The number of aromatic nitrogens is 4. The Balaban J connectivity index is 2.46. The first kappa shape index (κ1) is 13.6. The first-order valence-electron chi connectivity index (χ1n) is 5.96. The van der Waals surface area contributed by atoms with Crippen LogP contribution in [0.1, 0.15) is 11.5 Å². The van der Waals surface area contributed by atoms with Crippen molar-refractivity contribution in [1.29, 1.82) is 0 Å². The minimum atomic E-state index is -0.344. The van der Waals surface area contributed by atoms with E-state index < -0.39 is 0 Å². The Morgan fingerprint density at radius 3 is 2.80 bits per heavy atom. The summed E-state index contributed by atoms with van der Waals surface area (Å²) in [6.45, 7) is 1.87. The monoisotopic (exact) mass is 356 g/mol. The molecule has 0 fully saturated rings. The summed E-state index contributed by atoms with van der Waals surface area (Å²) >= 11 is 9.36. The number of hydrogen-bond acceptors (Lipinski definition) is 2. The van der Waals surface area contributed by atoms with Gasteiger partial charge in [0.15, 0.2) is 5.65 Å². The Morgan fingerprint density at radius 2 is 2.15 bits per heavy atom. The van der Waals surface area contributed by atoms with E-state index in [0.29, 0.717) is 16.0 Å². The molecule has 3 rings (SSSR count). The van der Waals surface area contributed by atoms with E-state index >= 15 is 0 Å². The molecule has 20 heavy (non-hydrogen) atoms. The van der Waals surface area contributed by atoms with Gasteiger partial charge in [-0.25, -0.2) is 14.1 Å². The van der Waals surface area contributed by atoms with E-state index in [0.717, 1.165) is 16.9 Å². The molecule has 0 saturated carbocycles. The topological polar surface area (TPSA) is 35.6 Å². The number of halogens is 3. The highest BCUT2D eigenvalue weighted by molar-refractivity contribution is 9.10. The summed E-state index contributed by atoms with van der Waals surface area (Å²) in [5, 5.41) is 4.32. The molecule has 4 nitrogen and oxygen atoms in total. The number of benzene rings is 1. The second-order valence-corrected chi connectivity index (χ2v) is 5.57. The average Bonchev–Trinajstić information content (AvgIpc) is 2.89. The maximum Gasteiger partial charge on any atom is 0.163 e. The van der Waals surface area contributed by atoms with E-state index in [1.165, 1.54) is 6.07 Å². The van der Waals surface area contributed by atoms with Crippen molar-refractivity contribution in [2.24, 2.45) is 7.05 Å². The minimum absolute atomic E-state index is 0.189. The molecule has 0 spiro atoms. The SMILES string of the molecule is Cc1nn(C)c2c1nc(CCl)n2-c1c(F)cccc1Br. The van der Waals surface area contributed by atoms with Gasteiger partial charge < -0.3 is 0 Å². The van der Waals surface area contributed by atoms with Crippen LogP contribution >= 0.6 is 27.5 Å². The summed E-state index contributed by atoms with van der Waals surface area (Å²) in [5.41, 5.74) is 2.65. The summed E-state index contributed by atoms with van der Waals surface area (Å²) in [5.74, 6) is 0.432. The van der Waals surface area contributed by atoms with Gasteiger partial charge in [0.2, 0.25) is 0 Å². The van der Waals surface area contributed by atoms with Crippen molar-refractivity contribution in [2.45, 2.75) is 12.8 Å². The number of fused-ring (bicyclic) bond motifs is 1. The Hall–Kier alpha value is -1.40. The van der Waals surface area contributed by atoms with Gasteiger partial charge in [0, 0.05) is 11.5 Å². The molecule has 104 valence electrons. The minimum Gasteiger partial charge on any atom is -0.276 e. The molecule has 0 aliphatic heterocycles. The molecule has 0 aliphatic carbocycles. The normalized spacial score (nSPS) is 11.4. The zero-order chi connectivity index (χ0) is 14.4. The van der Waals surface area contributed by atoms with Crippen LogP contribution in [0.4, 0.5) is 4.39 Å². The molecule has 0 aliphatic rings. The number of aryl methyl sites for hydroxylation is 2. The van der Waals surface area contributed by atoms with Gasteiger partial charge in [-0.05, 0) is 35.0 Å². The van der Waals surface area contributed by atoms with E-state index in [1.54, 1.807) is 28.4 Å². The number of rotatable bonds is 2. The first-order chi connectivity index (χ1) is 9.54. The molecule has 0 bridgehead atoms. The van der Waals surface area contributed by atoms with Crippen molar-refractivity contribution in [3.05, 3.63) is 40.0 Å². The van der Waals surface area contributed by atoms with Crippen LogP contribution in [0.5, 0.6) is 0 Å². The van der Waals surface area contributed by atoms with Crippen LogP contribution in [0.15, 0.2) is 22.7 Å². The predicted molar refractivity (Wildman–Crippen MR) is 79.8 cm³/mol. The van der Waals surface area contributed by atoms with Crippen molar-refractivity contribution in [3.8, 4) is 5.69 Å². The molecular formula is C13H11BrClFN4. The third kappa shape index (κ3) is 1.86. The zero-order valence-electron chi connectivity index (χ0n) is 10.9. The molecule has 0 radical (unpaired) electrons. The van der Waals surface area contributed by atoms with Crippen molar-refractivity contribution < 1.29 is 4.39 Å². The van der Waals surface area contributed by atoms with Crippen LogP contribution in [0, 0.1) is 12.7 Å². The van der Waals surface area contributed by atoms with Crippen LogP contribution in [-0.4, -0.2) is 19.3 Å². The van der Waals surface area contributed by atoms with Crippen LogP contribution < -0.4 is 0 Å². The molecule has 2 heterocycles. The van der Waals surface area contributed by atoms with Gasteiger partial charge in [-0.1, -0.05) is 6.07 Å². The molecule has 0 atom stereocenters. The van der Waals surface area contributed by atoms with E-state index in [9.17, 15) is 4.39 Å². The summed E-state index contributed by atoms with van der Waals surface area (Å²) in [7, 11) is 1.81. The van der Waals surface area contributed by atoms with Gasteiger partial charge in [-0.15, -0.1) is 11.6 Å². The molecule has 1 aromatic carbocycles. The van der Waals surface area contributed by atoms with Gasteiger partial charge in [-0.3, -0.25) is 4.57 Å². The van der Waals surface area contributed by atoms with E-state index in [1.807, 2.05) is 6.92 Å². The molecule has 0 unspecified atom stereocenters. The predicted octanol–water partition coefficient (Wildman–Crippen LogP) is 3.71. The summed E-state index contributed by atoms with van der Waals surface area (Å²) in [6, 6.07) is 4.84. The Labute approximate surface area is 128 Å². The fourth-order valence-corrected chi connectivity index (χ4v) is 3.04. The fourth-order valence-electron chi connectivity index (χ4n) is 2.34. The standard InChI is InChI=1S/C13H11BrClFN4/c1-7-11-13(19(2)18-7)20(10(6-15)17-11)12-8(14)4-3-5-9(12)16/h3-5H,6H2,1-2H3. The lowest BCUT2D eigenvalue weighted by Crippen LogP contribution is -2.07. The van der Waals surface area contributed by atoms with Crippen molar-refractivity contribution in [1.82, 2.24) is 19.3 Å². The van der Waals surface area contributed by atoms with E-state index in [4.69, 9.17) is 11.6 Å². The number of hydrogen-bond donors (Lipinski definition) is 0. The molecule has 7 heteroatoms. The largest absolute Gasteiger partial charge is 0.276 e. The Morgan fingerprint density at radius 1 is 1.40 bits per heavy atom. The number of nitrogens with zero attached hydrogens (tertiary/aromatic N) is 4. The van der Waals surface area contributed by atoms with Crippen molar-refractivity contribution >= 4 is 38.7 Å². The van der Waals surface area contributed by atoms with Crippen LogP contribution in [0.2, 0.25) is 0 Å². The lowest BCUT2D eigenvalue weighted by Gasteiger charge is -2.11. The first-order valence-corrected chi connectivity index (χ1v) is 7.28. The van der Waals surface area contributed by atoms with Gasteiger partial charge >= 0.3 is 0 Å². The highest BCUT2D eigenvalue weighted by Crippen LogP contribution is 2.30. The molecule has 0 N–H and O–H groups in total. The number of alkyl halides is 1. The second-order valence-electron chi connectivity index (χ2n) is 4.45. The lowest BCUT2D eigenvalue weighted by atomic mass is 10.3. The highest BCUT2D eigenvalue weighted by Gasteiger charge is 2.21. The second kappa shape index (κ2) is 4.86. The van der Waals surface area contributed by atoms with Crippen LogP contribution in [0.25, 0.3) is 16.9 Å². The number of para-hydroxylation sites is 1. The van der Waals surface area contributed by atoms with Crippen LogP contribution in [-0.2, 0) is 12.9 Å². The third-order valence-corrected chi connectivity index (χ3v) is 4.03. The zero-order valence-corrected chi connectivity index (χ0v) is 13.2. The smallest absolute Gasteiger partial charge is 0.163 e. The lowest BCUT2D eigenvalue weighted by molar-refractivity contribution is 0.614. The molecule has 0 amide bonds. The van der Waals surface area contributed by atoms with Gasteiger partial charge in [0.05, 0.1) is 17.3 Å². The quantitative estimate of drug-likeness (QED) is 0.656. The maximum absolute atomic E-state index is 14.2. The third-order valence-electron chi connectivity index (χ3n) is 3.15. The van der Waals surface area contributed by atoms with E-state index in [2.05, 4.69) is 26.0 Å². The molecular weight excluding hydrogens is 347 g/mol. The van der Waals surface area contributed by atoms with Crippen LogP contribution in [0.3, 0.4) is 0 Å². The molecule has 2 aromatic heterocycles. The number of imidazole rings is 1. The summed E-state index contributed by atoms with van der Waals surface area (Å²) in [4.78, 5) is 4.47. The average molecular weight is 358 g/mol. The van der Waals surface area contributed by atoms with Crippen molar-refractivity contribution in [3.63, 3.8) is 0 Å². The molecule has 0 saturated heterocycles. The van der Waals surface area contributed by atoms with Crippen molar-refractivity contribution in [2.75, 3.05) is 0 Å². The molecule has 3 aromatic rings. The van der Waals surface area contributed by atoms with Gasteiger partial charge in [-0.2, -0.15) is 5.10 Å².